The van der Waals surface area contributed by atoms with Crippen molar-refractivity contribution in [2.45, 2.75) is 141 Å². The number of ether oxygens (including phenoxy) is 1. The summed E-state index contributed by atoms with van der Waals surface area (Å²) in [7, 11) is 0. The first-order chi connectivity index (χ1) is 19.9. The Labute approximate surface area is 249 Å². The number of rotatable bonds is 15. The molecule has 2 aromatic carbocycles. The van der Waals surface area contributed by atoms with Gasteiger partial charge in [0.15, 0.2) is 0 Å². The van der Waals surface area contributed by atoms with Gasteiger partial charge >= 0.3 is 6.11 Å². The molecule has 0 amide bonds. The maximum Gasteiger partial charge on any atom is 0.383 e. The smallest absolute Gasteiger partial charge is 0.309 e. The summed E-state index contributed by atoms with van der Waals surface area (Å²) in [6, 6.07) is 15.2. The second-order valence-electron chi connectivity index (χ2n) is 13.1. The van der Waals surface area contributed by atoms with Crippen LogP contribution in [0.2, 0.25) is 0 Å². The van der Waals surface area contributed by atoms with Crippen molar-refractivity contribution in [1.29, 1.82) is 0 Å². The van der Waals surface area contributed by atoms with E-state index in [0.717, 1.165) is 36.7 Å². The van der Waals surface area contributed by atoms with E-state index in [2.05, 4.69) is 25.6 Å². The van der Waals surface area contributed by atoms with Gasteiger partial charge in [-0.25, -0.2) is 0 Å². The number of hydrogen-bond donors (Lipinski definition) is 0. The molecule has 2 aliphatic carbocycles. The van der Waals surface area contributed by atoms with Gasteiger partial charge in [-0.15, -0.1) is 6.58 Å². The predicted octanol–water partition coefficient (Wildman–Crippen LogP) is 12.4. The SMILES string of the molecule is C=CCCC1CCC(c2ccc(C(F)(F)OC(C)c3ccc(C4CCC(CCCCCCC)CC4)cc3)cc2)CC1. The fourth-order valence-corrected chi connectivity index (χ4v) is 7.31. The van der Waals surface area contributed by atoms with Crippen molar-refractivity contribution in [3.63, 3.8) is 0 Å². The lowest BCUT2D eigenvalue weighted by Crippen LogP contribution is -2.21. The van der Waals surface area contributed by atoms with E-state index in [4.69, 9.17) is 4.74 Å². The minimum Gasteiger partial charge on any atom is -0.309 e. The number of alkyl halides is 2. The Kier molecular flexibility index (Phi) is 12.5. The lowest BCUT2D eigenvalue weighted by molar-refractivity contribution is -0.272. The van der Waals surface area contributed by atoms with Gasteiger partial charge in [-0.1, -0.05) is 100 Å². The second kappa shape index (κ2) is 16.0. The van der Waals surface area contributed by atoms with Gasteiger partial charge in [0.1, 0.15) is 0 Å². The number of halogens is 2. The summed E-state index contributed by atoms with van der Waals surface area (Å²) >= 11 is 0. The van der Waals surface area contributed by atoms with Crippen LogP contribution in [-0.4, -0.2) is 0 Å². The lowest BCUT2D eigenvalue weighted by Gasteiger charge is -2.29. The van der Waals surface area contributed by atoms with Gasteiger partial charge in [-0.05, 0) is 111 Å². The van der Waals surface area contributed by atoms with Gasteiger partial charge in [0, 0.05) is 0 Å². The number of unbranched alkanes of at least 4 members (excludes halogenated alkanes) is 4. The van der Waals surface area contributed by atoms with Crippen LogP contribution >= 0.6 is 0 Å². The molecular weight excluding hydrogens is 510 g/mol. The van der Waals surface area contributed by atoms with Crippen LogP contribution in [0.1, 0.15) is 157 Å². The van der Waals surface area contributed by atoms with Crippen molar-refractivity contribution in [3.8, 4) is 0 Å². The van der Waals surface area contributed by atoms with Crippen molar-refractivity contribution >= 4 is 0 Å². The Morgan fingerprint density at radius 3 is 1.80 bits per heavy atom. The summed E-state index contributed by atoms with van der Waals surface area (Å²) in [5.41, 5.74) is 3.27. The van der Waals surface area contributed by atoms with E-state index in [1.807, 2.05) is 30.3 Å². The lowest BCUT2D eigenvalue weighted by atomic mass is 9.77. The molecule has 0 bridgehead atoms. The van der Waals surface area contributed by atoms with Crippen molar-refractivity contribution in [1.82, 2.24) is 0 Å². The largest absolute Gasteiger partial charge is 0.383 e. The minimum atomic E-state index is -3.33. The van der Waals surface area contributed by atoms with Gasteiger partial charge in [-0.3, -0.25) is 0 Å². The minimum absolute atomic E-state index is 0.0634. The van der Waals surface area contributed by atoms with Gasteiger partial charge in [0.2, 0.25) is 0 Å². The molecule has 0 aromatic heterocycles. The molecule has 3 heteroatoms. The molecule has 4 rings (SSSR count). The van der Waals surface area contributed by atoms with Crippen LogP contribution in [0.5, 0.6) is 0 Å². The van der Waals surface area contributed by atoms with Crippen LogP contribution in [0.4, 0.5) is 8.78 Å². The predicted molar refractivity (Wildman–Crippen MR) is 168 cm³/mol. The molecule has 0 heterocycles. The number of hydrogen-bond acceptors (Lipinski definition) is 1. The molecule has 1 atom stereocenters. The summed E-state index contributed by atoms with van der Waals surface area (Å²) in [4.78, 5) is 0. The molecular formula is C38H54F2O. The van der Waals surface area contributed by atoms with E-state index in [9.17, 15) is 0 Å². The first-order valence-electron chi connectivity index (χ1n) is 16.8. The van der Waals surface area contributed by atoms with Crippen molar-refractivity contribution in [2.75, 3.05) is 0 Å². The highest BCUT2D eigenvalue weighted by molar-refractivity contribution is 5.29. The first-order valence-corrected chi connectivity index (χ1v) is 16.8. The third kappa shape index (κ3) is 9.50. The van der Waals surface area contributed by atoms with Crippen LogP contribution in [0.25, 0.3) is 0 Å². The van der Waals surface area contributed by atoms with Crippen molar-refractivity contribution in [2.24, 2.45) is 11.8 Å². The summed E-state index contributed by atoms with van der Waals surface area (Å²) in [5.74, 6) is 2.74. The molecule has 1 unspecified atom stereocenters. The summed E-state index contributed by atoms with van der Waals surface area (Å²) in [5, 5.41) is 0. The van der Waals surface area contributed by atoms with E-state index >= 15 is 8.78 Å². The molecule has 226 valence electrons. The summed E-state index contributed by atoms with van der Waals surface area (Å²) in [6.45, 7) is 7.84. The molecule has 0 N–H and O–H groups in total. The maximum absolute atomic E-state index is 15.2. The molecule has 0 spiro atoms. The highest BCUT2D eigenvalue weighted by atomic mass is 19.3. The van der Waals surface area contributed by atoms with E-state index in [-0.39, 0.29) is 5.56 Å². The zero-order valence-electron chi connectivity index (χ0n) is 25.8. The first kappa shape index (κ1) is 31.9. The molecule has 0 saturated heterocycles. The fraction of sp³-hybridized carbons (Fsp3) is 0.632. The Hall–Kier alpha value is -2.00. The average Bonchev–Trinajstić information content (AvgIpc) is 3.00. The molecule has 2 fully saturated rings. The van der Waals surface area contributed by atoms with Crippen LogP contribution < -0.4 is 0 Å². The molecule has 0 aliphatic heterocycles. The normalized spacial score (nSPS) is 24.2. The maximum atomic E-state index is 15.2. The molecule has 2 aromatic rings. The average molecular weight is 565 g/mol. The summed E-state index contributed by atoms with van der Waals surface area (Å²) < 4.78 is 35.7. The van der Waals surface area contributed by atoms with E-state index < -0.39 is 12.2 Å². The Bertz CT molecular complexity index is 1010. The zero-order valence-corrected chi connectivity index (χ0v) is 25.8. The molecule has 0 radical (unpaired) electrons. The van der Waals surface area contributed by atoms with Crippen LogP contribution in [0.3, 0.4) is 0 Å². The van der Waals surface area contributed by atoms with Gasteiger partial charge in [0.05, 0.1) is 11.7 Å². The van der Waals surface area contributed by atoms with Gasteiger partial charge in [-0.2, -0.15) is 8.78 Å². The third-order valence-electron chi connectivity index (χ3n) is 10.1. The Morgan fingerprint density at radius 1 is 0.756 bits per heavy atom. The monoisotopic (exact) mass is 564 g/mol. The standard InChI is InChI=1S/C38H54F2O/c1-4-6-8-9-10-12-31-15-19-33(20-16-31)35-23-21-32(22-24-35)29(3)41-38(39,40)37-27-25-36(26-28-37)34-17-13-30(14-18-34)11-7-5-2/h5,21-31,33-34H,2,4,6-20H2,1,3H3. The van der Waals surface area contributed by atoms with Gasteiger partial charge in [0.25, 0.3) is 0 Å². The number of allylic oxidation sites excluding steroid dienone is 1. The quantitative estimate of drug-likeness (QED) is 0.154. The Balaban J connectivity index is 1.23. The van der Waals surface area contributed by atoms with Crippen LogP contribution in [-0.2, 0) is 10.8 Å². The number of benzene rings is 2. The van der Waals surface area contributed by atoms with E-state index in [0.29, 0.717) is 11.8 Å². The molecule has 2 aliphatic rings. The molecule has 41 heavy (non-hydrogen) atoms. The zero-order chi connectivity index (χ0) is 29.1. The van der Waals surface area contributed by atoms with Crippen LogP contribution in [0, 0.1) is 11.8 Å². The fourth-order valence-electron chi connectivity index (χ4n) is 7.31. The highest BCUT2D eigenvalue weighted by Gasteiger charge is 2.36. The van der Waals surface area contributed by atoms with E-state index in [1.165, 1.54) is 94.6 Å². The van der Waals surface area contributed by atoms with Crippen molar-refractivity contribution < 1.29 is 13.5 Å². The van der Waals surface area contributed by atoms with Crippen LogP contribution in [0.15, 0.2) is 61.2 Å². The third-order valence-corrected chi connectivity index (χ3v) is 10.1. The Morgan fingerprint density at radius 2 is 1.27 bits per heavy atom. The molecule has 2 saturated carbocycles. The summed E-state index contributed by atoms with van der Waals surface area (Å²) in [6.07, 6.45) is 18.4. The second-order valence-corrected chi connectivity index (χ2v) is 13.1. The molecule has 1 nitrogen and oxygen atoms in total. The topological polar surface area (TPSA) is 9.23 Å². The van der Waals surface area contributed by atoms with Crippen molar-refractivity contribution in [3.05, 3.63) is 83.4 Å². The van der Waals surface area contributed by atoms with E-state index in [1.54, 1.807) is 19.1 Å². The van der Waals surface area contributed by atoms with Gasteiger partial charge < -0.3 is 4.74 Å². The highest BCUT2D eigenvalue weighted by Crippen LogP contribution is 2.41.